The highest BCUT2D eigenvalue weighted by molar-refractivity contribution is 7.11. The van der Waals surface area contributed by atoms with Crippen LogP contribution < -0.4 is 5.43 Å². The molecule has 0 spiro atoms. The molecule has 0 aliphatic carbocycles. The summed E-state index contributed by atoms with van der Waals surface area (Å²) in [6.45, 7) is 2.29. The summed E-state index contributed by atoms with van der Waals surface area (Å²) < 4.78 is 4.44. The third-order valence-corrected chi connectivity index (χ3v) is 3.78. The Morgan fingerprint density at radius 3 is 2.81 bits per heavy atom. The molecule has 3 nitrogen and oxygen atoms in total. The molecule has 0 unspecified atom stereocenters. The number of hydrazine groups is 1. The van der Waals surface area contributed by atoms with Crippen molar-refractivity contribution in [1.29, 1.82) is 0 Å². The van der Waals surface area contributed by atoms with Crippen molar-refractivity contribution in [3.63, 3.8) is 0 Å². The second-order valence-electron chi connectivity index (χ2n) is 4.19. The predicted octanol–water partition coefficient (Wildman–Crippen LogP) is 3.11. The molecule has 4 heteroatoms. The van der Waals surface area contributed by atoms with Gasteiger partial charge in [-0.05, 0) is 36.5 Å². The maximum absolute atomic E-state index is 4.44. The van der Waals surface area contributed by atoms with E-state index in [4.69, 9.17) is 0 Å². The molecule has 1 aliphatic heterocycles. The van der Waals surface area contributed by atoms with Crippen LogP contribution in [0.3, 0.4) is 0 Å². The predicted molar refractivity (Wildman–Crippen MR) is 68.7 cm³/mol. The molecular weight excluding hydrogens is 218 g/mol. The Hall–Kier alpha value is -1.13. The normalized spacial score (nSPS) is 17.8. The van der Waals surface area contributed by atoms with Crippen LogP contribution in [0.2, 0.25) is 0 Å². The van der Waals surface area contributed by atoms with Crippen molar-refractivity contribution in [2.75, 3.05) is 18.5 Å². The van der Waals surface area contributed by atoms with Crippen LogP contribution in [0.5, 0.6) is 0 Å². The molecule has 0 radical (unpaired) electrons. The van der Waals surface area contributed by atoms with Crippen molar-refractivity contribution in [2.45, 2.75) is 19.3 Å². The molecule has 1 N–H and O–H groups in total. The monoisotopic (exact) mass is 233 g/mol. The van der Waals surface area contributed by atoms with E-state index in [0.29, 0.717) is 0 Å². The molecule has 0 amide bonds. The molecule has 1 aromatic heterocycles. The van der Waals surface area contributed by atoms with Gasteiger partial charge in [0, 0.05) is 18.5 Å². The van der Waals surface area contributed by atoms with Crippen LogP contribution >= 0.6 is 11.5 Å². The number of anilines is 1. The van der Waals surface area contributed by atoms with Crippen LogP contribution in [0.25, 0.3) is 10.9 Å². The van der Waals surface area contributed by atoms with Crippen LogP contribution in [0.15, 0.2) is 24.3 Å². The Morgan fingerprint density at radius 1 is 1.12 bits per heavy atom. The van der Waals surface area contributed by atoms with Crippen molar-refractivity contribution in [1.82, 2.24) is 9.38 Å². The molecule has 2 heterocycles. The van der Waals surface area contributed by atoms with Crippen LogP contribution in [0.4, 0.5) is 5.00 Å². The second kappa shape index (κ2) is 4.39. The van der Waals surface area contributed by atoms with Crippen molar-refractivity contribution in [2.24, 2.45) is 0 Å². The Kier molecular flexibility index (Phi) is 2.76. The fourth-order valence-corrected chi connectivity index (χ4v) is 2.91. The Labute approximate surface area is 99.2 Å². The number of hydrogen-bond donors (Lipinski definition) is 1. The van der Waals surface area contributed by atoms with E-state index in [0.717, 1.165) is 18.6 Å². The van der Waals surface area contributed by atoms with Gasteiger partial charge in [0.1, 0.15) is 5.00 Å². The van der Waals surface area contributed by atoms with E-state index in [1.807, 2.05) is 6.07 Å². The van der Waals surface area contributed by atoms with E-state index < -0.39 is 0 Å². The molecule has 1 aromatic carbocycles. The van der Waals surface area contributed by atoms with E-state index in [9.17, 15) is 0 Å². The Bertz CT molecular complexity index is 474. The number of benzene rings is 1. The summed E-state index contributed by atoms with van der Waals surface area (Å²) >= 11 is 1.55. The van der Waals surface area contributed by atoms with Crippen molar-refractivity contribution in [3.8, 4) is 0 Å². The number of nitrogens with zero attached hydrogens (tertiary/aromatic N) is 2. The number of hydrogen-bond acceptors (Lipinski definition) is 4. The molecule has 3 rings (SSSR count). The lowest BCUT2D eigenvalue weighted by molar-refractivity contribution is 0.274. The van der Waals surface area contributed by atoms with Gasteiger partial charge in [0.2, 0.25) is 0 Å². The Balaban J connectivity index is 1.83. The molecule has 1 saturated heterocycles. The number of piperidine rings is 1. The highest BCUT2D eigenvalue weighted by atomic mass is 32.1. The SMILES string of the molecule is c1ccc2c(NN3CCCCC3)snc2c1. The average molecular weight is 233 g/mol. The molecule has 84 valence electrons. The van der Waals surface area contributed by atoms with E-state index >= 15 is 0 Å². The molecular formula is C12H15N3S. The largest absolute Gasteiger partial charge is 0.308 e. The third kappa shape index (κ3) is 1.90. The van der Waals surface area contributed by atoms with Gasteiger partial charge in [-0.3, -0.25) is 0 Å². The maximum atomic E-state index is 4.44. The van der Waals surface area contributed by atoms with Crippen molar-refractivity contribution in [3.05, 3.63) is 24.3 Å². The van der Waals surface area contributed by atoms with E-state index in [2.05, 4.69) is 33.0 Å². The van der Waals surface area contributed by atoms with E-state index in [1.54, 1.807) is 11.5 Å². The maximum Gasteiger partial charge on any atom is 0.131 e. The summed E-state index contributed by atoms with van der Waals surface area (Å²) in [6, 6.07) is 8.29. The zero-order chi connectivity index (χ0) is 10.8. The molecule has 0 saturated carbocycles. The lowest BCUT2D eigenvalue weighted by Crippen LogP contribution is -2.34. The molecule has 0 bridgehead atoms. The number of rotatable bonds is 2. The van der Waals surface area contributed by atoms with E-state index in [-0.39, 0.29) is 0 Å². The van der Waals surface area contributed by atoms with Gasteiger partial charge in [-0.1, -0.05) is 18.6 Å². The number of fused-ring (bicyclic) bond motifs is 1. The first kappa shape index (κ1) is 10.1. The van der Waals surface area contributed by atoms with Gasteiger partial charge in [-0.25, -0.2) is 5.01 Å². The second-order valence-corrected chi connectivity index (χ2v) is 4.96. The van der Waals surface area contributed by atoms with Crippen LogP contribution in [0, 0.1) is 0 Å². The van der Waals surface area contributed by atoms with Gasteiger partial charge in [-0.2, -0.15) is 4.37 Å². The summed E-state index contributed by atoms with van der Waals surface area (Å²) in [5.41, 5.74) is 4.58. The summed E-state index contributed by atoms with van der Waals surface area (Å²) in [7, 11) is 0. The summed E-state index contributed by atoms with van der Waals surface area (Å²) in [5, 5.41) is 4.72. The molecule has 2 aromatic rings. The number of nitrogens with one attached hydrogen (secondary N) is 1. The quantitative estimate of drug-likeness (QED) is 0.864. The lowest BCUT2D eigenvalue weighted by Gasteiger charge is -2.27. The summed E-state index contributed by atoms with van der Waals surface area (Å²) in [4.78, 5) is 0. The minimum Gasteiger partial charge on any atom is -0.308 e. The fraction of sp³-hybridized carbons (Fsp3) is 0.417. The first-order valence-electron chi connectivity index (χ1n) is 5.79. The Morgan fingerprint density at radius 2 is 1.94 bits per heavy atom. The van der Waals surface area contributed by atoms with Crippen LogP contribution in [0.1, 0.15) is 19.3 Å². The third-order valence-electron chi connectivity index (χ3n) is 3.00. The lowest BCUT2D eigenvalue weighted by atomic mass is 10.2. The summed E-state index contributed by atoms with van der Waals surface area (Å²) in [5.74, 6) is 0. The average Bonchev–Trinajstić information content (AvgIpc) is 2.74. The van der Waals surface area contributed by atoms with Crippen LogP contribution in [-0.2, 0) is 0 Å². The van der Waals surface area contributed by atoms with Gasteiger partial charge in [0.05, 0.1) is 5.52 Å². The first-order valence-corrected chi connectivity index (χ1v) is 6.57. The number of aromatic nitrogens is 1. The highest BCUT2D eigenvalue weighted by Gasteiger charge is 2.12. The minimum absolute atomic E-state index is 1.09. The van der Waals surface area contributed by atoms with Crippen LogP contribution in [-0.4, -0.2) is 22.5 Å². The summed E-state index contributed by atoms with van der Waals surface area (Å²) in [6.07, 6.45) is 3.95. The fourth-order valence-electron chi connectivity index (χ4n) is 2.12. The first-order chi connectivity index (χ1) is 7.93. The zero-order valence-electron chi connectivity index (χ0n) is 9.15. The smallest absolute Gasteiger partial charge is 0.131 e. The standard InChI is InChI=1S/C12H15N3S/c1-4-8-15(9-5-1)13-12-10-6-2-3-7-11(10)14-16-12/h2-3,6-7,13H,1,4-5,8-9H2. The highest BCUT2D eigenvalue weighted by Crippen LogP contribution is 2.28. The molecule has 0 atom stereocenters. The molecule has 1 aliphatic rings. The van der Waals surface area contributed by atoms with Gasteiger partial charge >= 0.3 is 0 Å². The van der Waals surface area contributed by atoms with Gasteiger partial charge in [0.25, 0.3) is 0 Å². The molecule has 1 fully saturated rings. The van der Waals surface area contributed by atoms with Gasteiger partial charge in [-0.15, -0.1) is 0 Å². The minimum atomic E-state index is 1.09. The van der Waals surface area contributed by atoms with Gasteiger partial charge < -0.3 is 5.43 Å². The van der Waals surface area contributed by atoms with E-state index in [1.165, 1.54) is 29.6 Å². The van der Waals surface area contributed by atoms with Gasteiger partial charge in [0.15, 0.2) is 0 Å². The zero-order valence-corrected chi connectivity index (χ0v) is 9.96. The topological polar surface area (TPSA) is 28.2 Å². The molecule has 16 heavy (non-hydrogen) atoms. The van der Waals surface area contributed by atoms with Crippen molar-refractivity contribution < 1.29 is 0 Å². The van der Waals surface area contributed by atoms with Crippen molar-refractivity contribution >= 4 is 27.4 Å².